The van der Waals surface area contributed by atoms with Crippen LogP contribution in [0.4, 0.5) is 0 Å². The van der Waals surface area contributed by atoms with Crippen molar-refractivity contribution >= 4 is 15.9 Å². The Morgan fingerprint density at radius 3 is 2.62 bits per heavy atom. The van der Waals surface area contributed by atoms with Gasteiger partial charge in [0.15, 0.2) is 0 Å². The third-order valence-corrected chi connectivity index (χ3v) is 6.74. The molecule has 6 nitrogen and oxygen atoms in total. The second kappa shape index (κ2) is 6.62. The largest absolute Gasteiger partial charge is 0.394 e. The third-order valence-electron chi connectivity index (χ3n) is 4.66. The molecule has 1 N–H and O–H groups in total. The van der Waals surface area contributed by atoms with Crippen LogP contribution in [0.25, 0.3) is 0 Å². The van der Waals surface area contributed by atoms with Crippen LogP contribution in [-0.2, 0) is 14.8 Å². The van der Waals surface area contributed by atoms with Crippen LogP contribution < -0.4 is 0 Å². The summed E-state index contributed by atoms with van der Waals surface area (Å²) >= 11 is 0. The van der Waals surface area contributed by atoms with Gasteiger partial charge in [-0.2, -0.15) is 4.31 Å². The number of amides is 1. The highest BCUT2D eigenvalue weighted by molar-refractivity contribution is 7.89. The SMILES string of the molecule is CCCS(=O)(=O)N1CCCC1C(=O)N1CCC(C)C1CO. The summed E-state index contributed by atoms with van der Waals surface area (Å²) in [6, 6.07) is -0.741. The minimum absolute atomic E-state index is 0.0542. The summed E-state index contributed by atoms with van der Waals surface area (Å²) in [4.78, 5) is 14.4. The summed E-state index contributed by atoms with van der Waals surface area (Å²) in [5, 5.41) is 9.48. The van der Waals surface area contributed by atoms with Gasteiger partial charge < -0.3 is 10.0 Å². The standard InChI is InChI=1S/C14H26N2O4S/c1-3-9-21(19,20)16-7-4-5-12(16)14(18)15-8-6-11(2)13(15)10-17/h11-13,17H,3-10H2,1-2H3. The first-order valence-corrected chi connectivity index (χ1v) is 9.44. The maximum Gasteiger partial charge on any atom is 0.241 e. The van der Waals surface area contributed by atoms with Crippen molar-refractivity contribution in [1.82, 2.24) is 9.21 Å². The van der Waals surface area contributed by atoms with Gasteiger partial charge in [0.05, 0.1) is 18.4 Å². The number of likely N-dealkylation sites (tertiary alicyclic amines) is 1. The number of hydrogen-bond donors (Lipinski definition) is 1. The van der Waals surface area contributed by atoms with Gasteiger partial charge in [-0.25, -0.2) is 8.42 Å². The molecule has 0 radical (unpaired) electrons. The molecule has 2 rings (SSSR count). The Labute approximate surface area is 127 Å². The van der Waals surface area contributed by atoms with Gasteiger partial charge in [0.1, 0.15) is 6.04 Å². The first-order chi connectivity index (χ1) is 9.92. The van der Waals surface area contributed by atoms with Gasteiger partial charge in [0.25, 0.3) is 0 Å². The summed E-state index contributed by atoms with van der Waals surface area (Å²) in [6.45, 7) is 4.85. The van der Waals surface area contributed by atoms with Crippen LogP contribution in [0.1, 0.15) is 39.5 Å². The maximum atomic E-state index is 12.7. The Kier molecular flexibility index (Phi) is 5.27. The van der Waals surface area contributed by atoms with Crippen LogP contribution in [0, 0.1) is 5.92 Å². The molecule has 3 atom stereocenters. The first-order valence-electron chi connectivity index (χ1n) is 7.83. The average molecular weight is 318 g/mol. The molecule has 0 aromatic carbocycles. The number of hydrogen-bond acceptors (Lipinski definition) is 4. The van der Waals surface area contributed by atoms with E-state index in [1.807, 2.05) is 13.8 Å². The number of aliphatic hydroxyl groups excluding tert-OH is 1. The lowest BCUT2D eigenvalue weighted by Gasteiger charge is -2.31. The number of carbonyl (C=O) groups is 1. The fourth-order valence-electron chi connectivity index (χ4n) is 3.45. The molecule has 0 spiro atoms. The third kappa shape index (κ3) is 3.24. The molecule has 0 aromatic heterocycles. The zero-order valence-electron chi connectivity index (χ0n) is 12.9. The summed E-state index contributed by atoms with van der Waals surface area (Å²) < 4.78 is 26.0. The second-order valence-corrected chi connectivity index (χ2v) is 8.17. The van der Waals surface area contributed by atoms with E-state index in [2.05, 4.69) is 0 Å². The van der Waals surface area contributed by atoms with E-state index in [-0.39, 0.29) is 30.2 Å². The van der Waals surface area contributed by atoms with Gasteiger partial charge in [0.2, 0.25) is 15.9 Å². The Hall–Kier alpha value is -0.660. The predicted molar refractivity (Wildman–Crippen MR) is 80.2 cm³/mol. The van der Waals surface area contributed by atoms with Crippen LogP contribution >= 0.6 is 0 Å². The van der Waals surface area contributed by atoms with Crippen LogP contribution in [0.3, 0.4) is 0 Å². The fourth-order valence-corrected chi connectivity index (χ4v) is 5.19. The van der Waals surface area contributed by atoms with E-state index in [0.29, 0.717) is 25.9 Å². The molecule has 7 heteroatoms. The van der Waals surface area contributed by atoms with E-state index in [9.17, 15) is 18.3 Å². The Morgan fingerprint density at radius 2 is 2.00 bits per heavy atom. The normalized spacial score (nSPS) is 31.0. The van der Waals surface area contributed by atoms with Gasteiger partial charge in [-0.3, -0.25) is 4.79 Å². The molecule has 1 amide bonds. The molecule has 122 valence electrons. The number of rotatable bonds is 5. The zero-order valence-corrected chi connectivity index (χ0v) is 13.7. The topological polar surface area (TPSA) is 77.9 Å². The predicted octanol–water partition coefficient (Wildman–Crippen LogP) is 0.420. The van der Waals surface area contributed by atoms with Crippen molar-refractivity contribution in [3.8, 4) is 0 Å². The zero-order chi connectivity index (χ0) is 15.6. The lowest BCUT2D eigenvalue weighted by Crippen LogP contribution is -2.51. The van der Waals surface area contributed by atoms with E-state index >= 15 is 0 Å². The molecule has 2 fully saturated rings. The number of nitrogens with zero attached hydrogens (tertiary/aromatic N) is 2. The first kappa shape index (κ1) is 16.7. The van der Waals surface area contributed by atoms with Gasteiger partial charge in [-0.15, -0.1) is 0 Å². The minimum atomic E-state index is -3.35. The lowest BCUT2D eigenvalue weighted by atomic mass is 10.0. The van der Waals surface area contributed by atoms with Gasteiger partial charge in [0, 0.05) is 13.1 Å². The number of carbonyl (C=O) groups excluding carboxylic acids is 1. The molecule has 2 heterocycles. The summed E-state index contributed by atoms with van der Waals surface area (Å²) in [6.07, 6.45) is 2.74. The van der Waals surface area contributed by atoms with Gasteiger partial charge in [-0.1, -0.05) is 13.8 Å². The van der Waals surface area contributed by atoms with Crippen LogP contribution in [0.5, 0.6) is 0 Å². The van der Waals surface area contributed by atoms with Crippen molar-refractivity contribution in [3.05, 3.63) is 0 Å². The number of sulfonamides is 1. The maximum absolute atomic E-state index is 12.7. The highest BCUT2D eigenvalue weighted by Crippen LogP contribution is 2.29. The summed E-state index contributed by atoms with van der Waals surface area (Å²) in [7, 11) is -3.35. The molecule has 21 heavy (non-hydrogen) atoms. The monoisotopic (exact) mass is 318 g/mol. The average Bonchev–Trinajstić information content (AvgIpc) is 3.04. The highest BCUT2D eigenvalue weighted by Gasteiger charge is 2.43. The quantitative estimate of drug-likeness (QED) is 0.797. The highest BCUT2D eigenvalue weighted by atomic mass is 32.2. The fraction of sp³-hybridized carbons (Fsp3) is 0.929. The molecule has 0 aliphatic carbocycles. The minimum Gasteiger partial charge on any atom is -0.394 e. The van der Waals surface area contributed by atoms with E-state index in [1.165, 1.54) is 4.31 Å². The van der Waals surface area contributed by atoms with Crippen LogP contribution in [0.15, 0.2) is 0 Å². The van der Waals surface area contributed by atoms with Crippen molar-refractivity contribution < 1.29 is 18.3 Å². The van der Waals surface area contributed by atoms with Crippen molar-refractivity contribution in [1.29, 1.82) is 0 Å². The molecule has 0 saturated carbocycles. The van der Waals surface area contributed by atoms with Crippen molar-refractivity contribution in [2.24, 2.45) is 5.92 Å². The number of aliphatic hydroxyl groups is 1. The smallest absolute Gasteiger partial charge is 0.241 e. The molecule has 2 saturated heterocycles. The molecule has 0 bridgehead atoms. The van der Waals surface area contributed by atoms with Crippen molar-refractivity contribution in [3.63, 3.8) is 0 Å². The molecular formula is C14H26N2O4S. The summed E-state index contributed by atoms with van der Waals surface area (Å²) in [5.41, 5.74) is 0. The van der Waals surface area contributed by atoms with Crippen LogP contribution in [0.2, 0.25) is 0 Å². The lowest BCUT2D eigenvalue weighted by molar-refractivity contribution is -0.136. The van der Waals surface area contributed by atoms with Crippen LogP contribution in [-0.4, -0.2) is 66.2 Å². The second-order valence-electron chi connectivity index (χ2n) is 6.13. The van der Waals surface area contributed by atoms with Gasteiger partial charge >= 0.3 is 0 Å². The molecular weight excluding hydrogens is 292 g/mol. The Balaban J connectivity index is 2.15. The van der Waals surface area contributed by atoms with Gasteiger partial charge in [-0.05, 0) is 31.6 Å². The van der Waals surface area contributed by atoms with Crippen molar-refractivity contribution in [2.45, 2.75) is 51.6 Å². The van der Waals surface area contributed by atoms with E-state index in [0.717, 1.165) is 12.8 Å². The molecule has 2 aliphatic heterocycles. The molecule has 3 unspecified atom stereocenters. The Morgan fingerprint density at radius 1 is 1.29 bits per heavy atom. The van der Waals surface area contributed by atoms with Crippen molar-refractivity contribution in [2.75, 3.05) is 25.4 Å². The Bertz CT molecular complexity index is 479. The van der Waals surface area contributed by atoms with E-state index in [4.69, 9.17) is 0 Å². The molecule has 0 aromatic rings. The van der Waals surface area contributed by atoms with E-state index < -0.39 is 16.1 Å². The summed E-state index contributed by atoms with van der Waals surface area (Å²) in [5.74, 6) is 0.230. The van der Waals surface area contributed by atoms with E-state index in [1.54, 1.807) is 4.90 Å². The molecule has 2 aliphatic rings.